The summed E-state index contributed by atoms with van der Waals surface area (Å²) < 4.78 is 12.0. The molecule has 0 aromatic carbocycles. The molecule has 2 heteroatoms. The van der Waals surface area contributed by atoms with E-state index in [1.54, 1.807) is 0 Å². The van der Waals surface area contributed by atoms with E-state index in [4.69, 9.17) is 0 Å². The normalized spacial score (nSPS) is 31.2. The standard InChI is InChI=1S/C10H20FN/c1-3-10(2)6-4-8-12(10)9-5-7-11/h3-9H2,1-2H3. The molecule has 1 unspecified atom stereocenters. The second kappa shape index (κ2) is 4.22. The van der Waals surface area contributed by atoms with Crippen molar-refractivity contribution in [2.45, 2.75) is 45.1 Å². The maximum absolute atomic E-state index is 12.0. The summed E-state index contributed by atoms with van der Waals surface area (Å²) >= 11 is 0. The highest BCUT2D eigenvalue weighted by Gasteiger charge is 2.33. The molecule has 0 aromatic heterocycles. The molecule has 1 aliphatic heterocycles. The fourth-order valence-corrected chi connectivity index (χ4v) is 2.11. The Bertz CT molecular complexity index is 138. The minimum absolute atomic E-state index is 0.170. The molecule has 0 radical (unpaired) electrons. The van der Waals surface area contributed by atoms with Crippen molar-refractivity contribution in [1.82, 2.24) is 4.90 Å². The molecule has 0 spiro atoms. The molecule has 0 amide bonds. The molecule has 1 atom stereocenters. The monoisotopic (exact) mass is 173 g/mol. The summed E-state index contributed by atoms with van der Waals surface area (Å²) in [6.45, 7) is 6.48. The second-order valence-corrected chi connectivity index (χ2v) is 3.98. The first kappa shape index (κ1) is 9.97. The van der Waals surface area contributed by atoms with Gasteiger partial charge in [0.2, 0.25) is 0 Å². The van der Waals surface area contributed by atoms with Crippen LogP contribution in [0.15, 0.2) is 0 Å². The summed E-state index contributed by atoms with van der Waals surface area (Å²) in [6.07, 6.45) is 4.47. The third kappa shape index (κ3) is 1.98. The maximum Gasteiger partial charge on any atom is 0.0906 e. The number of alkyl halides is 1. The van der Waals surface area contributed by atoms with Gasteiger partial charge in [-0.25, -0.2) is 0 Å². The van der Waals surface area contributed by atoms with Crippen LogP contribution in [-0.4, -0.2) is 30.2 Å². The summed E-state index contributed by atoms with van der Waals surface area (Å²) in [5.74, 6) is 0. The first-order chi connectivity index (χ1) is 5.73. The molecule has 72 valence electrons. The van der Waals surface area contributed by atoms with E-state index in [1.807, 2.05) is 0 Å². The van der Waals surface area contributed by atoms with Gasteiger partial charge in [0.05, 0.1) is 6.67 Å². The number of nitrogens with zero attached hydrogens (tertiary/aromatic N) is 1. The Kier molecular flexibility index (Phi) is 3.51. The van der Waals surface area contributed by atoms with Crippen molar-refractivity contribution in [3.63, 3.8) is 0 Å². The molecule has 0 saturated carbocycles. The summed E-state index contributed by atoms with van der Waals surface area (Å²) in [5.41, 5.74) is 0.370. The van der Waals surface area contributed by atoms with Crippen LogP contribution in [0.3, 0.4) is 0 Å². The predicted molar refractivity (Wildman–Crippen MR) is 50.1 cm³/mol. The first-order valence-corrected chi connectivity index (χ1v) is 5.04. The molecule has 12 heavy (non-hydrogen) atoms. The van der Waals surface area contributed by atoms with Crippen LogP contribution >= 0.6 is 0 Å². The lowest BCUT2D eigenvalue weighted by atomic mass is 9.95. The fourth-order valence-electron chi connectivity index (χ4n) is 2.11. The van der Waals surface area contributed by atoms with Gasteiger partial charge in [-0.1, -0.05) is 6.92 Å². The lowest BCUT2D eigenvalue weighted by Gasteiger charge is -2.34. The van der Waals surface area contributed by atoms with E-state index in [0.717, 1.165) is 6.54 Å². The molecule has 1 nitrogen and oxygen atoms in total. The van der Waals surface area contributed by atoms with Crippen molar-refractivity contribution in [1.29, 1.82) is 0 Å². The number of hydrogen-bond acceptors (Lipinski definition) is 1. The summed E-state index contributed by atoms with van der Waals surface area (Å²) in [4.78, 5) is 2.45. The van der Waals surface area contributed by atoms with Gasteiger partial charge in [0.15, 0.2) is 0 Å². The lowest BCUT2D eigenvalue weighted by Crippen LogP contribution is -2.41. The maximum atomic E-state index is 12.0. The van der Waals surface area contributed by atoms with Gasteiger partial charge >= 0.3 is 0 Å². The number of hydrogen-bond donors (Lipinski definition) is 0. The highest BCUT2D eigenvalue weighted by Crippen LogP contribution is 2.31. The van der Waals surface area contributed by atoms with E-state index in [-0.39, 0.29) is 6.67 Å². The van der Waals surface area contributed by atoms with Gasteiger partial charge < -0.3 is 0 Å². The molecule has 1 saturated heterocycles. The highest BCUT2D eigenvalue weighted by molar-refractivity contribution is 4.90. The topological polar surface area (TPSA) is 3.24 Å². The van der Waals surface area contributed by atoms with Crippen molar-refractivity contribution in [3.8, 4) is 0 Å². The summed E-state index contributed by atoms with van der Waals surface area (Å²) in [6, 6.07) is 0. The molecular formula is C10H20FN. The van der Waals surface area contributed by atoms with Gasteiger partial charge in [-0.05, 0) is 39.2 Å². The van der Waals surface area contributed by atoms with Gasteiger partial charge in [0.25, 0.3) is 0 Å². The zero-order valence-electron chi connectivity index (χ0n) is 8.27. The van der Waals surface area contributed by atoms with Gasteiger partial charge in [-0.15, -0.1) is 0 Å². The van der Waals surface area contributed by atoms with Crippen LogP contribution in [0.2, 0.25) is 0 Å². The lowest BCUT2D eigenvalue weighted by molar-refractivity contribution is 0.145. The highest BCUT2D eigenvalue weighted by atomic mass is 19.1. The quantitative estimate of drug-likeness (QED) is 0.631. The van der Waals surface area contributed by atoms with Gasteiger partial charge in [0, 0.05) is 12.1 Å². The Hall–Kier alpha value is -0.110. The van der Waals surface area contributed by atoms with Crippen LogP contribution in [0.4, 0.5) is 4.39 Å². The largest absolute Gasteiger partial charge is 0.298 e. The van der Waals surface area contributed by atoms with Crippen molar-refractivity contribution in [2.24, 2.45) is 0 Å². The number of rotatable bonds is 4. The number of likely N-dealkylation sites (tertiary alicyclic amines) is 1. The number of halogens is 1. The summed E-state index contributed by atoms with van der Waals surface area (Å²) in [5, 5.41) is 0. The molecule has 0 bridgehead atoms. The molecule has 1 rings (SSSR count). The third-order valence-electron chi connectivity index (χ3n) is 3.23. The van der Waals surface area contributed by atoms with Crippen LogP contribution in [-0.2, 0) is 0 Å². The van der Waals surface area contributed by atoms with Crippen molar-refractivity contribution in [2.75, 3.05) is 19.8 Å². The van der Waals surface area contributed by atoms with E-state index in [1.165, 1.54) is 25.8 Å². The average Bonchev–Trinajstić information content (AvgIpc) is 2.45. The van der Waals surface area contributed by atoms with Gasteiger partial charge in [0.1, 0.15) is 0 Å². The molecule has 0 aromatic rings. The Morgan fingerprint density at radius 1 is 1.50 bits per heavy atom. The predicted octanol–water partition coefficient (Wildman–Crippen LogP) is 2.61. The van der Waals surface area contributed by atoms with Crippen LogP contribution in [0, 0.1) is 0 Å². The van der Waals surface area contributed by atoms with E-state index < -0.39 is 0 Å². The Morgan fingerprint density at radius 3 is 2.83 bits per heavy atom. The second-order valence-electron chi connectivity index (χ2n) is 3.98. The molecule has 1 heterocycles. The van der Waals surface area contributed by atoms with Crippen LogP contribution in [0.25, 0.3) is 0 Å². The average molecular weight is 173 g/mol. The van der Waals surface area contributed by atoms with Crippen LogP contribution in [0.5, 0.6) is 0 Å². The molecule has 1 aliphatic rings. The third-order valence-corrected chi connectivity index (χ3v) is 3.23. The van der Waals surface area contributed by atoms with Crippen molar-refractivity contribution in [3.05, 3.63) is 0 Å². The smallest absolute Gasteiger partial charge is 0.0906 e. The molecular weight excluding hydrogens is 153 g/mol. The SMILES string of the molecule is CCC1(C)CCCN1CCCF. The summed E-state index contributed by atoms with van der Waals surface area (Å²) in [7, 11) is 0. The Morgan fingerprint density at radius 2 is 2.25 bits per heavy atom. The zero-order valence-corrected chi connectivity index (χ0v) is 8.27. The van der Waals surface area contributed by atoms with Crippen LogP contribution < -0.4 is 0 Å². The van der Waals surface area contributed by atoms with Crippen molar-refractivity contribution >= 4 is 0 Å². The molecule has 0 N–H and O–H groups in total. The van der Waals surface area contributed by atoms with E-state index >= 15 is 0 Å². The van der Waals surface area contributed by atoms with Gasteiger partial charge in [-0.2, -0.15) is 0 Å². The fraction of sp³-hybridized carbons (Fsp3) is 1.00. The van der Waals surface area contributed by atoms with E-state index in [0.29, 0.717) is 12.0 Å². The minimum atomic E-state index is -0.170. The molecule has 0 aliphatic carbocycles. The zero-order chi connectivity index (χ0) is 9.03. The van der Waals surface area contributed by atoms with Crippen molar-refractivity contribution < 1.29 is 4.39 Å². The van der Waals surface area contributed by atoms with E-state index in [9.17, 15) is 4.39 Å². The minimum Gasteiger partial charge on any atom is -0.298 e. The molecule has 1 fully saturated rings. The Balaban J connectivity index is 2.40. The Labute approximate surface area is 74.9 Å². The van der Waals surface area contributed by atoms with Crippen LogP contribution in [0.1, 0.15) is 39.5 Å². The first-order valence-electron chi connectivity index (χ1n) is 5.04. The van der Waals surface area contributed by atoms with Gasteiger partial charge in [-0.3, -0.25) is 9.29 Å². The van der Waals surface area contributed by atoms with E-state index in [2.05, 4.69) is 18.7 Å².